The smallest absolute Gasteiger partial charge is 0.351 e. The molecular weight excluding hydrogens is 487 g/mol. The van der Waals surface area contributed by atoms with E-state index >= 15 is 0 Å². The highest BCUT2D eigenvalue weighted by Crippen LogP contribution is 2.49. The number of ketones is 1. The van der Waals surface area contributed by atoms with Crippen molar-refractivity contribution in [2.24, 2.45) is 5.41 Å². The molecule has 3 N–H and O–H groups in total. The van der Waals surface area contributed by atoms with Gasteiger partial charge in [-0.25, -0.2) is 8.78 Å². The molecule has 7 nitrogen and oxygen atoms in total. The van der Waals surface area contributed by atoms with Crippen LogP contribution in [0, 0.1) is 17.0 Å². The van der Waals surface area contributed by atoms with Crippen molar-refractivity contribution in [3.63, 3.8) is 0 Å². The van der Waals surface area contributed by atoms with E-state index in [-0.39, 0.29) is 30.0 Å². The molecule has 1 saturated carbocycles. The van der Waals surface area contributed by atoms with Gasteiger partial charge in [0.25, 0.3) is 0 Å². The number of H-pyrrole nitrogens is 1. The summed E-state index contributed by atoms with van der Waals surface area (Å²) in [5, 5.41) is 4.73. The fraction of sp³-hybridized carbons (Fsp3) is 0.250. The van der Waals surface area contributed by atoms with Crippen LogP contribution >= 0.6 is 0 Å². The van der Waals surface area contributed by atoms with Gasteiger partial charge in [0.1, 0.15) is 11.6 Å². The first kappa shape index (κ1) is 25.0. The second kappa shape index (κ2) is 9.51. The van der Waals surface area contributed by atoms with E-state index in [2.05, 4.69) is 20.6 Å². The van der Waals surface area contributed by atoms with Gasteiger partial charge in [-0.1, -0.05) is 12.1 Å². The normalized spacial score (nSPS) is 14.2. The van der Waals surface area contributed by atoms with Gasteiger partial charge in [-0.15, -0.1) is 0 Å². The molecule has 0 aliphatic heterocycles. The number of hydrogen-bond acceptors (Lipinski definition) is 5. The number of para-hydroxylation sites is 1. The molecule has 0 unspecified atom stereocenters. The zero-order valence-electron chi connectivity index (χ0n) is 18.5. The molecule has 0 saturated heterocycles. The topological polar surface area (TPSA) is 104 Å². The molecule has 1 aromatic carbocycles. The van der Waals surface area contributed by atoms with Crippen LogP contribution in [0.1, 0.15) is 41.0 Å². The quantitative estimate of drug-likeness (QED) is 0.309. The molecule has 3 aromatic rings. The van der Waals surface area contributed by atoms with Crippen LogP contribution in [0.5, 0.6) is 0 Å². The van der Waals surface area contributed by atoms with Crippen LogP contribution in [0.2, 0.25) is 0 Å². The number of nitrogens with one attached hydrogen (secondary N) is 3. The van der Waals surface area contributed by atoms with E-state index < -0.39 is 51.7 Å². The third kappa shape index (κ3) is 5.42. The molecule has 188 valence electrons. The van der Waals surface area contributed by atoms with Gasteiger partial charge in [0.2, 0.25) is 11.5 Å². The summed E-state index contributed by atoms with van der Waals surface area (Å²) in [7, 11) is 0. The summed E-state index contributed by atoms with van der Waals surface area (Å²) >= 11 is 0. The van der Waals surface area contributed by atoms with E-state index in [4.69, 9.17) is 0 Å². The number of aromatic amines is 1. The van der Waals surface area contributed by atoms with Crippen molar-refractivity contribution in [3.05, 3.63) is 87.6 Å². The van der Waals surface area contributed by atoms with Crippen LogP contribution in [-0.4, -0.2) is 21.7 Å². The molecule has 1 aliphatic rings. The molecule has 1 fully saturated rings. The summed E-state index contributed by atoms with van der Waals surface area (Å²) in [6.45, 7) is -0.337. The standard InChI is InChI=1S/C24H19F5N4O3/c25-15-4-1-3-14(24(27,28)29)21(15)32-13-9-16(26)18(30-11-13)12-31-22(36)23(7-8-23)10-19(34)17-5-2-6-20(35)33-17/h1-6,9,11,32H,7-8,10,12H2,(H,31,36)(H,33,35). The third-order valence-electron chi connectivity index (χ3n) is 5.83. The molecule has 0 atom stereocenters. The summed E-state index contributed by atoms with van der Waals surface area (Å²) in [5.74, 6) is -3.01. The van der Waals surface area contributed by atoms with Crippen molar-refractivity contribution in [3.8, 4) is 0 Å². The minimum Gasteiger partial charge on any atom is -0.351 e. The van der Waals surface area contributed by atoms with Crippen molar-refractivity contribution in [2.75, 3.05) is 5.32 Å². The number of anilines is 2. The fourth-order valence-corrected chi connectivity index (χ4v) is 3.70. The Morgan fingerprint density at radius 3 is 2.42 bits per heavy atom. The zero-order chi connectivity index (χ0) is 26.1. The molecule has 36 heavy (non-hydrogen) atoms. The van der Waals surface area contributed by atoms with E-state index in [0.717, 1.165) is 24.4 Å². The van der Waals surface area contributed by atoms with Crippen molar-refractivity contribution in [1.82, 2.24) is 15.3 Å². The largest absolute Gasteiger partial charge is 0.418 e. The predicted octanol–water partition coefficient (Wildman–Crippen LogP) is 4.48. The lowest BCUT2D eigenvalue weighted by Crippen LogP contribution is -2.33. The van der Waals surface area contributed by atoms with Crippen LogP contribution in [0.3, 0.4) is 0 Å². The van der Waals surface area contributed by atoms with Crippen molar-refractivity contribution in [1.29, 1.82) is 0 Å². The Morgan fingerprint density at radius 2 is 1.78 bits per heavy atom. The average Bonchev–Trinajstić information content (AvgIpc) is 3.59. The molecule has 0 spiro atoms. The van der Waals surface area contributed by atoms with Crippen LogP contribution in [0.25, 0.3) is 0 Å². The summed E-state index contributed by atoms with van der Waals surface area (Å²) in [6.07, 6.45) is -3.09. The molecule has 12 heteroatoms. The number of alkyl halides is 3. The second-order valence-electron chi connectivity index (χ2n) is 8.43. The SMILES string of the molecule is O=C(CC1(C(=O)NCc2ncc(Nc3c(F)cccc3C(F)(F)F)cc2F)CC1)c1cccc(=O)[nH]1. The van der Waals surface area contributed by atoms with Crippen molar-refractivity contribution >= 4 is 23.1 Å². The fourth-order valence-electron chi connectivity index (χ4n) is 3.70. The number of nitrogens with zero attached hydrogens (tertiary/aromatic N) is 1. The Labute approximate surface area is 200 Å². The highest BCUT2D eigenvalue weighted by Gasteiger charge is 2.51. The molecule has 1 aliphatic carbocycles. The van der Waals surface area contributed by atoms with Crippen molar-refractivity contribution in [2.45, 2.75) is 32.0 Å². The monoisotopic (exact) mass is 506 g/mol. The minimum atomic E-state index is -4.84. The van der Waals surface area contributed by atoms with E-state index in [1.165, 1.54) is 18.2 Å². The van der Waals surface area contributed by atoms with E-state index in [1.807, 2.05) is 0 Å². The predicted molar refractivity (Wildman–Crippen MR) is 118 cm³/mol. The first-order chi connectivity index (χ1) is 17.0. The number of benzene rings is 1. The lowest BCUT2D eigenvalue weighted by Gasteiger charge is -2.16. The Bertz CT molecular complexity index is 1380. The molecule has 0 radical (unpaired) electrons. The van der Waals surface area contributed by atoms with Gasteiger partial charge in [-0.2, -0.15) is 13.2 Å². The maximum Gasteiger partial charge on any atom is 0.418 e. The number of carbonyl (C=O) groups is 2. The number of hydrogen-bond donors (Lipinski definition) is 3. The van der Waals surface area contributed by atoms with Crippen LogP contribution in [-0.2, 0) is 17.5 Å². The number of pyridine rings is 2. The summed E-state index contributed by atoms with van der Waals surface area (Å²) in [6, 6.07) is 7.38. The van der Waals surface area contributed by atoms with Gasteiger partial charge in [-0.05, 0) is 31.0 Å². The lowest BCUT2D eigenvalue weighted by atomic mass is 9.96. The number of aromatic nitrogens is 2. The van der Waals surface area contributed by atoms with E-state index in [1.54, 1.807) is 0 Å². The Hall–Kier alpha value is -4.09. The molecule has 0 bridgehead atoms. The second-order valence-corrected chi connectivity index (χ2v) is 8.43. The van der Waals surface area contributed by atoms with Crippen molar-refractivity contribution < 1.29 is 31.5 Å². The number of carbonyl (C=O) groups excluding carboxylic acids is 2. The Balaban J connectivity index is 1.41. The maximum atomic E-state index is 14.6. The average molecular weight is 506 g/mol. The van der Waals surface area contributed by atoms with Gasteiger partial charge in [0.15, 0.2) is 5.78 Å². The van der Waals surface area contributed by atoms with Gasteiger partial charge < -0.3 is 15.6 Å². The minimum absolute atomic E-state index is 0.0842. The Kier molecular flexibility index (Phi) is 6.61. The molecule has 1 amide bonds. The summed E-state index contributed by atoms with van der Waals surface area (Å²) < 4.78 is 68.1. The third-order valence-corrected chi connectivity index (χ3v) is 5.83. The van der Waals surface area contributed by atoms with Gasteiger partial charge >= 0.3 is 6.18 Å². The molecule has 4 rings (SSSR count). The van der Waals surface area contributed by atoms with Gasteiger partial charge in [0.05, 0.1) is 46.5 Å². The zero-order valence-corrected chi connectivity index (χ0v) is 18.5. The number of amides is 1. The van der Waals surface area contributed by atoms with Crippen LogP contribution < -0.4 is 16.2 Å². The first-order valence-corrected chi connectivity index (χ1v) is 10.8. The highest BCUT2D eigenvalue weighted by molar-refractivity contribution is 5.99. The first-order valence-electron chi connectivity index (χ1n) is 10.8. The number of halogens is 5. The number of rotatable bonds is 8. The van der Waals surface area contributed by atoms with Gasteiger partial charge in [-0.3, -0.25) is 19.4 Å². The molecule has 2 aromatic heterocycles. The highest BCUT2D eigenvalue weighted by atomic mass is 19.4. The van der Waals surface area contributed by atoms with Crippen LogP contribution in [0.15, 0.2) is 53.5 Å². The summed E-state index contributed by atoms with van der Waals surface area (Å²) in [4.78, 5) is 42.8. The van der Waals surface area contributed by atoms with E-state index in [9.17, 15) is 36.3 Å². The lowest BCUT2D eigenvalue weighted by molar-refractivity contribution is -0.137. The van der Waals surface area contributed by atoms with Crippen LogP contribution in [0.4, 0.5) is 33.3 Å². The maximum absolute atomic E-state index is 14.6. The summed E-state index contributed by atoms with van der Waals surface area (Å²) in [5.41, 5.74) is -3.89. The number of Topliss-reactive ketones (excluding diaryl/α,β-unsaturated/α-hetero) is 1. The molecular formula is C24H19F5N4O3. The van der Waals surface area contributed by atoms with Gasteiger partial charge in [0, 0.05) is 18.6 Å². The Morgan fingerprint density at radius 1 is 1.06 bits per heavy atom. The van der Waals surface area contributed by atoms with E-state index in [0.29, 0.717) is 18.9 Å². The molecule has 2 heterocycles.